The zero-order valence-electron chi connectivity index (χ0n) is 18.0. The van der Waals surface area contributed by atoms with Gasteiger partial charge in [-0.15, -0.1) is 0 Å². The Bertz CT molecular complexity index is 729. The smallest absolute Gasteiger partial charge is 0.137 e. The molecule has 0 bridgehead atoms. The summed E-state index contributed by atoms with van der Waals surface area (Å²) in [6, 6.07) is 2.09. The molecule has 0 aromatic rings. The van der Waals surface area contributed by atoms with Crippen LogP contribution < -0.4 is 0 Å². The molecule has 1 N–H and O–H groups in total. The first-order valence-corrected chi connectivity index (χ1v) is 11.4. The van der Waals surface area contributed by atoms with E-state index in [9.17, 15) is 14.7 Å². The topological polar surface area (TPSA) is 87.4 Å². The predicted molar refractivity (Wildman–Crippen MR) is 108 cm³/mol. The Morgan fingerprint density at radius 2 is 2.00 bits per heavy atom. The third-order valence-electron chi connectivity index (χ3n) is 9.38. The highest BCUT2D eigenvalue weighted by atomic mass is 16.5. The lowest BCUT2D eigenvalue weighted by Gasteiger charge is -2.60. The molecule has 4 aliphatic carbocycles. The van der Waals surface area contributed by atoms with E-state index < -0.39 is 6.10 Å². The SMILES string of the molecule is CC(=O)[C@H]1CC[C@H]2[C@@H]3CC[C@H]4C[C@H](O)[C@@H](OCCC#N)C[C@]4(C)[C@H]3C(=O)C[C@]12C. The highest BCUT2D eigenvalue weighted by Gasteiger charge is 2.64. The number of aliphatic hydroxyl groups is 1. The van der Waals surface area contributed by atoms with Gasteiger partial charge in [0.2, 0.25) is 0 Å². The monoisotopic (exact) mass is 401 g/mol. The molecule has 9 atom stereocenters. The van der Waals surface area contributed by atoms with E-state index in [1.54, 1.807) is 6.92 Å². The van der Waals surface area contributed by atoms with Gasteiger partial charge >= 0.3 is 0 Å². The van der Waals surface area contributed by atoms with Crippen molar-refractivity contribution in [2.24, 2.45) is 40.4 Å². The van der Waals surface area contributed by atoms with Crippen LogP contribution in [0.4, 0.5) is 0 Å². The molecule has 4 fully saturated rings. The molecule has 4 saturated carbocycles. The Labute approximate surface area is 174 Å². The van der Waals surface area contributed by atoms with Crippen molar-refractivity contribution in [3.8, 4) is 6.07 Å². The van der Waals surface area contributed by atoms with Crippen LogP contribution in [-0.2, 0) is 14.3 Å². The Balaban J connectivity index is 1.61. The maximum Gasteiger partial charge on any atom is 0.137 e. The molecule has 4 rings (SSSR count). The number of fused-ring (bicyclic) bond motifs is 5. The number of hydrogen-bond donors (Lipinski definition) is 1. The van der Waals surface area contributed by atoms with Crippen LogP contribution in [-0.4, -0.2) is 35.5 Å². The van der Waals surface area contributed by atoms with Gasteiger partial charge in [0.25, 0.3) is 0 Å². The zero-order chi connectivity index (χ0) is 21.0. The Hall–Kier alpha value is -1.25. The molecule has 0 spiro atoms. The van der Waals surface area contributed by atoms with E-state index in [2.05, 4.69) is 19.9 Å². The van der Waals surface area contributed by atoms with Gasteiger partial charge in [-0.05, 0) is 74.0 Å². The fourth-order valence-electron chi connectivity index (χ4n) is 8.17. The largest absolute Gasteiger partial charge is 0.390 e. The van der Waals surface area contributed by atoms with Crippen LogP contribution in [0.25, 0.3) is 0 Å². The first kappa shape index (κ1) is 21.0. The molecule has 0 aliphatic heterocycles. The second-order valence-electron chi connectivity index (χ2n) is 10.7. The van der Waals surface area contributed by atoms with Gasteiger partial charge in [-0.2, -0.15) is 5.26 Å². The normalized spacial score (nSPS) is 48.9. The van der Waals surface area contributed by atoms with Crippen molar-refractivity contribution < 1.29 is 19.4 Å². The highest BCUT2D eigenvalue weighted by molar-refractivity contribution is 5.87. The minimum atomic E-state index is -0.513. The number of ether oxygens (including phenoxy) is 1. The molecule has 160 valence electrons. The predicted octanol–water partition coefficient (Wildman–Crippen LogP) is 3.68. The fourth-order valence-corrected chi connectivity index (χ4v) is 8.17. The molecule has 29 heavy (non-hydrogen) atoms. The van der Waals surface area contributed by atoms with Crippen molar-refractivity contribution in [1.29, 1.82) is 5.26 Å². The highest BCUT2D eigenvalue weighted by Crippen LogP contribution is 2.66. The number of ketones is 2. The first-order chi connectivity index (χ1) is 13.7. The molecule has 0 saturated heterocycles. The van der Waals surface area contributed by atoms with E-state index in [1.807, 2.05) is 0 Å². The van der Waals surface area contributed by atoms with Gasteiger partial charge in [-0.25, -0.2) is 0 Å². The van der Waals surface area contributed by atoms with Crippen molar-refractivity contribution in [2.45, 2.75) is 84.3 Å². The minimum Gasteiger partial charge on any atom is -0.390 e. The quantitative estimate of drug-likeness (QED) is 0.726. The van der Waals surface area contributed by atoms with Gasteiger partial charge in [0.05, 0.1) is 31.3 Å². The van der Waals surface area contributed by atoms with E-state index >= 15 is 0 Å². The van der Waals surface area contributed by atoms with Crippen LogP contribution >= 0.6 is 0 Å². The van der Waals surface area contributed by atoms with Gasteiger partial charge in [0.15, 0.2) is 0 Å². The van der Waals surface area contributed by atoms with Gasteiger partial charge in [0, 0.05) is 18.3 Å². The van der Waals surface area contributed by atoms with E-state index in [1.165, 1.54) is 0 Å². The number of aliphatic hydroxyl groups excluding tert-OH is 1. The molecule has 0 aromatic heterocycles. The van der Waals surface area contributed by atoms with Crippen molar-refractivity contribution in [3.63, 3.8) is 0 Å². The summed E-state index contributed by atoms with van der Waals surface area (Å²) < 4.78 is 5.89. The molecule has 4 aliphatic rings. The lowest BCUT2D eigenvalue weighted by atomic mass is 9.44. The average Bonchev–Trinajstić information content (AvgIpc) is 2.99. The molecule has 0 amide bonds. The van der Waals surface area contributed by atoms with Crippen LogP contribution in [0.5, 0.6) is 0 Å². The van der Waals surface area contributed by atoms with Crippen LogP contribution in [0.15, 0.2) is 0 Å². The average molecular weight is 402 g/mol. The Kier molecular flexibility index (Phi) is 5.40. The summed E-state index contributed by atoms with van der Waals surface area (Å²) in [6.45, 7) is 6.47. The van der Waals surface area contributed by atoms with Gasteiger partial charge in [-0.1, -0.05) is 13.8 Å². The van der Waals surface area contributed by atoms with E-state index in [4.69, 9.17) is 10.00 Å². The number of nitrogens with zero attached hydrogens (tertiary/aromatic N) is 1. The lowest BCUT2D eigenvalue weighted by Crippen LogP contribution is -2.60. The van der Waals surface area contributed by atoms with E-state index in [-0.39, 0.29) is 34.6 Å². The molecule has 0 unspecified atom stereocenters. The van der Waals surface area contributed by atoms with Gasteiger partial charge in [0.1, 0.15) is 11.6 Å². The maximum absolute atomic E-state index is 13.6. The molecule has 0 radical (unpaired) electrons. The third kappa shape index (κ3) is 3.18. The molecule has 0 aromatic carbocycles. The molecular formula is C24H35NO4. The second kappa shape index (κ2) is 7.46. The first-order valence-electron chi connectivity index (χ1n) is 11.4. The number of carbonyl (C=O) groups excluding carboxylic acids is 2. The number of hydrogen-bond acceptors (Lipinski definition) is 5. The standard InChI is InChI=1S/C24H35NO4/c1-14(26)17-7-8-18-16-6-5-15-11-19(27)21(29-10-4-9-25)13-23(15,2)22(16)20(28)12-24(17,18)3/h15-19,21-22,27H,4-8,10-13H2,1-3H3/t15-,16-,17+,18-,19-,21-,22+,23-,24+/m0/s1. The van der Waals surface area contributed by atoms with Gasteiger partial charge < -0.3 is 9.84 Å². The Morgan fingerprint density at radius 3 is 2.69 bits per heavy atom. The number of carbonyl (C=O) groups is 2. The zero-order valence-corrected chi connectivity index (χ0v) is 18.0. The third-order valence-corrected chi connectivity index (χ3v) is 9.38. The maximum atomic E-state index is 13.6. The second-order valence-corrected chi connectivity index (χ2v) is 10.7. The van der Waals surface area contributed by atoms with Crippen LogP contribution in [0.1, 0.15) is 72.1 Å². The molecule has 5 nitrogen and oxygen atoms in total. The van der Waals surface area contributed by atoms with Crippen LogP contribution in [0, 0.1) is 51.8 Å². The summed E-state index contributed by atoms with van der Waals surface area (Å²) in [5, 5.41) is 19.4. The Morgan fingerprint density at radius 1 is 1.24 bits per heavy atom. The summed E-state index contributed by atoms with van der Waals surface area (Å²) in [6.07, 6.45) is 5.47. The molecule has 5 heteroatoms. The summed E-state index contributed by atoms with van der Waals surface area (Å²) >= 11 is 0. The number of Topliss-reactive ketones (excluding diaryl/α,β-unsaturated/α-hetero) is 2. The van der Waals surface area contributed by atoms with Crippen molar-refractivity contribution in [3.05, 3.63) is 0 Å². The van der Waals surface area contributed by atoms with E-state index in [0.717, 1.165) is 25.7 Å². The molecular weight excluding hydrogens is 366 g/mol. The fraction of sp³-hybridized carbons (Fsp3) is 0.875. The van der Waals surface area contributed by atoms with Crippen molar-refractivity contribution in [1.82, 2.24) is 0 Å². The molecule has 0 heterocycles. The van der Waals surface area contributed by atoms with Gasteiger partial charge in [-0.3, -0.25) is 9.59 Å². The van der Waals surface area contributed by atoms with Crippen molar-refractivity contribution in [2.75, 3.05) is 6.61 Å². The lowest BCUT2D eigenvalue weighted by molar-refractivity contribution is -0.179. The number of rotatable bonds is 4. The van der Waals surface area contributed by atoms with Crippen molar-refractivity contribution >= 4 is 11.6 Å². The summed E-state index contributed by atoms with van der Waals surface area (Å²) in [5.74, 6) is 1.75. The van der Waals surface area contributed by atoms with E-state index in [0.29, 0.717) is 55.8 Å². The summed E-state index contributed by atoms with van der Waals surface area (Å²) in [7, 11) is 0. The number of nitriles is 1. The summed E-state index contributed by atoms with van der Waals surface area (Å²) in [4.78, 5) is 25.9. The van der Waals surface area contributed by atoms with Crippen LogP contribution in [0.3, 0.4) is 0 Å². The minimum absolute atomic E-state index is 0.0135. The summed E-state index contributed by atoms with van der Waals surface area (Å²) in [5.41, 5.74) is -0.337. The van der Waals surface area contributed by atoms with Crippen LogP contribution in [0.2, 0.25) is 0 Å².